The molecular formula is C7H7BFNO4. The van der Waals surface area contributed by atoms with Gasteiger partial charge in [-0.15, -0.1) is 0 Å². The van der Waals surface area contributed by atoms with E-state index in [2.05, 4.69) is 9.72 Å². The van der Waals surface area contributed by atoms with Crippen LogP contribution in [0, 0.1) is 5.95 Å². The van der Waals surface area contributed by atoms with Crippen LogP contribution in [0.4, 0.5) is 4.39 Å². The lowest BCUT2D eigenvalue weighted by atomic mass is 9.81. The molecule has 0 atom stereocenters. The molecule has 14 heavy (non-hydrogen) atoms. The molecule has 1 heterocycles. The normalized spacial score (nSPS) is 9.71. The summed E-state index contributed by atoms with van der Waals surface area (Å²) in [7, 11) is -0.712. The zero-order chi connectivity index (χ0) is 10.7. The van der Waals surface area contributed by atoms with Gasteiger partial charge < -0.3 is 14.8 Å². The van der Waals surface area contributed by atoms with Crippen LogP contribution in [0.15, 0.2) is 12.3 Å². The molecule has 0 aliphatic heterocycles. The predicted molar refractivity (Wildman–Crippen MR) is 45.4 cm³/mol. The Hall–Kier alpha value is -1.47. The predicted octanol–water partition coefficient (Wildman–Crippen LogP) is -1.31. The molecule has 0 aliphatic carbocycles. The summed E-state index contributed by atoms with van der Waals surface area (Å²) in [4.78, 5) is 14.1. The summed E-state index contributed by atoms with van der Waals surface area (Å²) in [6.45, 7) is 0. The second-order valence-electron chi connectivity index (χ2n) is 2.47. The van der Waals surface area contributed by atoms with Gasteiger partial charge in [-0.2, -0.15) is 4.39 Å². The summed E-state index contributed by atoms with van der Waals surface area (Å²) < 4.78 is 17.2. The molecule has 0 saturated heterocycles. The quantitative estimate of drug-likeness (QED) is 0.351. The summed E-state index contributed by atoms with van der Waals surface area (Å²) >= 11 is 0. The number of aromatic nitrogens is 1. The first-order valence-electron chi connectivity index (χ1n) is 3.66. The third kappa shape index (κ3) is 2.07. The minimum Gasteiger partial charge on any atom is -0.465 e. The number of hydrogen-bond donors (Lipinski definition) is 2. The zero-order valence-electron chi connectivity index (χ0n) is 7.27. The molecule has 74 valence electrons. The summed E-state index contributed by atoms with van der Waals surface area (Å²) in [6, 6.07) is 0.971. The second-order valence-corrected chi connectivity index (χ2v) is 2.47. The number of carbonyl (C=O) groups excluding carboxylic acids is 1. The minimum atomic E-state index is -1.80. The minimum absolute atomic E-state index is 0.0770. The third-order valence-corrected chi connectivity index (χ3v) is 1.56. The maximum Gasteiger partial charge on any atom is 0.490 e. The van der Waals surface area contributed by atoms with E-state index >= 15 is 0 Å². The van der Waals surface area contributed by atoms with Crippen molar-refractivity contribution in [2.45, 2.75) is 0 Å². The fraction of sp³-hybridized carbons (Fsp3) is 0.143. The van der Waals surface area contributed by atoms with Gasteiger partial charge in [0, 0.05) is 11.7 Å². The van der Waals surface area contributed by atoms with Gasteiger partial charge in [0.25, 0.3) is 0 Å². The highest BCUT2D eigenvalue weighted by atomic mass is 19.1. The van der Waals surface area contributed by atoms with Crippen LogP contribution in [-0.4, -0.2) is 35.2 Å². The standard InChI is InChI=1S/C7H7BFNO4/c1-14-7(11)5-2-4(8(12)13)3-10-6(5)9/h2-3,12-13H,1H3. The fourth-order valence-electron chi connectivity index (χ4n) is 0.859. The van der Waals surface area contributed by atoms with E-state index in [1.807, 2.05) is 0 Å². The second kappa shape index (κ2) is 4.16. The number of methoxy groups -OCH3 is 1. The van der Waals surface area contributed by atoms with Crippen LogP contribution >= 0.6 is 0 Å². The molecule has 0 aromatic carbocycles. The van der Waals surface area contributed by atoms with Gasteiger partial charge in [-0.25, -0.2) is 9.78 Å². The van der Waals surface area contributed by atoms with Crippen LogP contribution in [0.3, 0.4) is 0 Å². The molecule has 0 amide bonds. The molecule has 0 bridgehead atoms. The number of halogens is 1. The smallest absolute Gasteiger partial charge is 0.465 e. The average molecular weight is 199 g/mol. The SMILES string of the molecule is COC(=O)c1cc(B(O)O)cnc1F. The van der Waals surface area contributed by atoms with Gasteiger partial charge in [-0.3, -0.25) is 0 Å². The van der Waals surface area contributed by atoms with Crippen molar-refractivity contribution in [3.63, 3.8) is 0 Å². The van der Waals surface area contributed by atoms with Crippen LogP contribution in [0.5, 0.6) is 0 Å². The number of carbonyl (C=O) groups is 1. The highest BCUT2D eigenvalue weighted by molar-refractivity contribution is 6.58. The Labute approximate surface area is 79.3 Å². The Morgan fingerprint density at radius 1 is 1.64 bits per heavy atom. The maximum atomic E-state index is 12.9. The van der Waals surface area contributed by atoms with Crippen LogP contribution in [0.1, 0.15) is 10.4 Å². The van der Waals surface area contributed by atoms with E-state index in [-0.39, 0.29) is 5.46 Å². The molecule has 1 aromatic heterocycles. The maximum absolute atomic E-state index is 12.9. The van der Waals surface area contributed by atoms with Gasteiger partial charge in [-0.05, 0) is 6.07 Å². The molecule has 5 nitrogen and oxygen atoms in total. The van der Waals surface area contributed by atoms with Crippen molar-refractivity contribution in [2.24, 2.45) is 0 Å². The summed E-state index contributed by atoms with van der Waals surface area (Å²) in [5.74, 6) is -1.93. The van der Waals surface area contributed by atoms with Gasteiger partial charge in [-0.1, -0.05) is 0 Å². The number of esters is 1. The van der Waals surface area contributed by atoms with E-state index in [1.165, 1.54) is 0 Å². The number of pyridine rings is 1. The molecule has 2 N–H and O–H groups in total. The lowest BCUT2D eigenvalue weighted by Gasteiger charge is -2.03. The highest BCUT2D eigenvalue weighted by Gasteiger charge is 2.18. The first kappa shape index (κ1) is 10.6. The van der Waals surface area contributed by atoms with Crippen LogP contribution < -0.4 is 5.46 Å². The van der Waals surface area contributed by atoms with E-state index in [0.29, 0.717) is 0 Å². The van der Waals surface area contributed by atoms with Crippen molar-refractivity contribution >= 4 is 18.6 Å². The molecule has 1 aromatic rings. The van der Waals surface area contributed by atoms with Gasteiger partial charge in [0.1, 0.15) is 5.56 Å². The summed E-state index contributed by atoms with van der Waals surface area (Å²) in [6.07, 6.45) is 0.923. The first-order chi connectivity index (χ1) is 6.56. The fourth-order valence-corrected chi connectivity index (χ4v) is 0.859. The Balaban J connectivity index is 3.15. The number of hydrogen-bond acceptors (Lipinski definition) is 5. The Morgan fingerprint density at radius 3 is 2.79 bits per heavy atom. The van der Waals surface area contributed by atoms with Crippen molar-refractivity contribution in [2.75, 3.05) is 7.11 Å². The number of ether oxygens (including phenoxy) is 1. The van der Waals surface area contributed by atoms with E-state index in [0.717, 1.165) is 19.4 Å². The molecule has 0 spiro atoms. The molecule has 0 aliphatic rings. The van der Waals surface area contributed by atoms with E-state index < -0.39 is 24.6 Å². The molecule has 1 rings (SSSR count). The van der Waals surface area contributed by atoms with Gasteiger partial charge in [0.05, 0.1) is 7.11 Å². The number of nitrogens with zero attached hydrogens (tertiary/aromatic N) is 1. The summed E-state index contributed by atoms with van der Waals surface area (Å²) in [5.41, 5.74) is -0.509. The zero-order valence-corrected chi connectivity index (χ0v) is 7.27. The molecule has 0 radical (unpaired) electrons. The van der Waals surface area contributed by atoms with Gasteiger partial charge in [0.15, 0.2) is 0 Å². The Kier molecular flexibility index (Phi) is 3.16. The molecule has 0 fully saturated rings. The Bertz CT molecular complexity index is 358. The van der Waals surface area contributed by atoms with Gasteiger partial charge in [0.2, 0.25) is 5.95 Å². The van der Waals surface area contributed by atoms with Gasteiger partial charge >= 0.3 is 13.1 Å². The van der Waals surface area contributed by atoms with Crippen molar-refractivity contribution < 1.29 is 24.0 Å². The van der Waals surface area contributed by atoms with E-state index in [9.17, 15) is 9.18 Å². The molecule has 0 saturated carbocycles. The topological polar surface area (TPSA) is 79.7 Å². The van der Waals surface area contributed by atoms with Crippen molar-refractivity contribution in [3.05, 3.63) is 23.8 Å². The molecular weight excluding hydrogens is 192 g/mol. The average Bonchev–Trinajstić information content (AvgIpc) is 2.17. The first-order valence-corrected chi connectivity index (χ1v) is 3.66. The lowest BCUT2D eigenvalue weighted by molar-refractivity contribution is 0.0594. The van der Waals surface area contributed by atoms with Crippen molar-refractivity contribution in [1.82, 2.24) is 4.98 Å². The third-order valence-electron chi connectivity index (χ3n) is 1.56. The lowest BCUT2D eigenvalue weighted by Crippen LogP contribution is -2.31. The largest absolute Gasteiger partial charge is 0.490 e. The van der Waals surface area contributed by atoms with E-state index in [1.54, 1.807) is 0 Å². The Morgan fingerprint density at radius 2 is 2.29 bits per heavy atom. The monoisotopic (exact) mass is 199 g/mol. The number of rotatable bonds is 2. The molecule has 7 heteroatoms. The van der Waals surface area contributed by atoms with Crippen molar-refractivity contribution in [1.29, 1.82) is 0 Å². The van der Waals surface area contributed by atoms with Crippen LogP contribution in [0.2, 0.25) is 0 Å². The van der Waals surface area contributed by atoms with Crippen LogP contribution in [0.25, 0.3) is 0 Å². The summed E-state index contributed by atoms with van der Waals surface area (Å²) in [5, 5.41) is 17.5. The van der Waals surface area contributed by atoms with Crippen LogP contribution in [-0.2, 0) is 4.74 Å². The van der Waals surface area contributed by atoms with Crippen molar-refractivity contribution in [3.8, 4) is 0 Å². The molecule has 0 unspecified atom stereocenters. The van der Waals surface area contributed by atoms with E-state index in [4.69, 9.17) is 10.0 Å². The highest BCUT2D eigenvalue weighted by Crippen LogP contribution is 2.03.